The van der Waals surface area contributed by atoms with E-state index in [-0.39, 0.29) is 29.5 Å². The van der Waals surface area contributed by atoms with Crippen LogP contribution in [0.5, 0.6) is 5.75 Å². The topological polar surface area (TPSA) is 106 Å². The van der Waals surface area contributed by atoms with Gasteiger partial charge in [-0.15, -0.1) is 0 Å². The number of hydrogen-bond acceptors (Lipinski definition) is 8. The number of carbonyl (C=O) groups excluding carboxylic acids is 3. The molecule has 2 aliphatic heterocycles. The molecule has 0 aromatic heterocycles. The smallest absolute Gasteiger partial charge is 0.337 e. The molecule has 2 aromatic rings. The van der Waals surface area contributed by atoms with Crippen molar-refractivity contribution < 1.29 is 38.1 Å². The number of likely N-dealkylation sites (tertiary alicyclic amines) is 1. The molecule has 1 amide bonds. The number of morpholine rings is 1. The molecular weight excluding hydrogens is 495 g/mol. The first-order valence-electron chi connectivity index (χ1n) is 12.4. The number of rotatable bonds is 8. The van der Waals surface area contributed by atoms with E-state index in [1.807, 2.05) is 0 Å². The predicted octanol–water partition coefficient (Wildman–Crippen LogP) is 3.15. The second-order valence-electron chi connectivity index (χ2n) is 9.37. The first kappa shape index (κ1) is 27.3. The fourth-order valence-electron chi connectivity index (χ4n) is 4.60. The summed E-state index contributed by atoms with van der Waals surface area (Å²) in [5.41, 5.74) is 0.700. The maximum absolute atomic E-state index is 14.7. The van der Waals surface area contributed by atoms with Crippen molar-refractivity contribution in [3.63, 3.8) is 0 Å². The number of ether oxygens (including phenoxy) is 3. The van der Waals surface area contributed by atoms with Gasteiger partial charge in [0.05, 0.1) is 43.6 Å². The Morgan fingerprint density at radius 2 is 1.74 bits per heavy atom. The normalized spacial score (nSPS) is 19.7. The summed E-state index contributed by atoms with van der Waals surface area (Å²) in [5.74, 6) is -3.34. The van der Waals surface area contributed by atoms with Gasteiger partial charge in [0.15, 0.2) is 11.6 Å². The van der Waals surface area contributed by atoms with Crippen molar-refractivity contribution in [2.24, 2.45) is 0 Å². The monoisotopic (exact) mass is 526 g/mol. The third-order valence-electron chi connectivity index (χ3n) is 6.52. The van der Waals surface area contributed by atoms with E-state index in [0.717, 1.165) is 6.07 Å². The van der Waals surface area contributed by atoms with E-state index < -0.39 is 35.3 Å². The Bertz CT molecular complexity index is 1240. The molecule has 38 heavy (non-hydrogen) atoms. The number of Topliss-reactive ketones (excluding diaryl/α,β-unsaturated/α-hetero) is 1. The van der Waals surface area contributed by atoms with Gasteiger partial charge in [-0.3, -0.25) is 14.5 Å². The zero-order chi connectivity index (χ0) is 27.4. The number of aliphatic hydroxyl groups excluding tert-OH is 1. The van der Waals surface area contributed by atoms with Crippen LogP contribution < -0.4 is 4.74 Å². The second kappa shape index (κ2) is 11.7. The number of ketones is 1. The van der Waals surface area contributed by atoms with Gasteiger partial charge in [0.1, 0.15) is 5.76 Å². The molecule has 0 unspecified atom stereocenters. The van der Waals surface area contributed by atoms with Crippen molar-refractivity contribution in [3.8, 4) is 5.75 Å². The molecule has 9 nitrogen and oxygen atoms in total. The van der Waals surface area contributed by atoms with Gasteiger partial charge in [-0.05, 0) is 49.7 Å². The first-order valence-corrected chi connectivity index (χ1v) is 12.4. The van der Waals surface area contributed by atoms with Gasteiger partial charge in [-0.1, -0.05) is 12.1 Å². The lowest BCUT2D eigenvalue weighted by Gasteiger charge is -2.31. The van der Waals surface area contributed by atoms with Gasteiger partial charge in [0, 0.05) is 31.7 Å². The largest absolute Gasteiger partial charge is 0.507 e. The summed E-state index contributed by atoms with van der Waals surface area (Å²) in [6, 6.07) is 9.23. The molecule has 2 aliphatic rings. The summed E-state index contributed by atoms with van der Waals surface area (Å²) >= 11 is 0. The van der Waals surface area contributed by atoms with E-state index >= 15 is 0 Å². The number of halogens is 1. The number of carbonyl (C=O) groups is 3. The minimum atomic E-state index is -0.933. The van der Waals surface area contributed by atoms with Crippen molar-refractivity contribution in [2.75, 3.05) is 46.5 Å². The Kier molecular flexibility index (Phi) is 8.43. The number of aliphatic hydroxyl groups is 1. The molecule has 2 heterocycles. The SMILES string of the molecule is COC(=O)c1ccc([C@@H]2/C(=C(\O)c3ccc(OC(C)C)c(F)c3)C(=O)C(=O)N2CCN2CCOCC2)cc1. The highest BCUT2D eigenvalue weighted by Gasteiger charge is 2.46. The Balaban J connectivity index is 1.74. The lowest BCUT2D eigenvalue weighted by Crippen LogP contribution is -2.42. The third-order valence-corrected chi connectivity index (χ3v) is 6.52. The first-order chi connectivity index (χ1) is 18.2. The fraction of sp³-hybridized carbons (Fsp3) is 0.393. The van der Waals surface area contributed by atoms with Gasteiger partial charge >= 0.3 is 5.97 Å². The van der Waals surface area contributed by atoms with Crippen LogP contribution in [0.15, 0.2) is 48.0 Å². The summed E-state index contributed by atoms with van der Waals surface area (Å²) < 4.78 is 30.3. The van der Waals surface area contributed by atoms with Crippen molar-refractivity contribution in [3.05, 3.63) is 70.5 Å². The van der Waals surface area contributed by atoms with Crippen molar-refractivity contribution >= 4 is 23.4 Å². The molecule has 2 fully saturated rings. The Labute approximate surface area is 220 Å². The standard InChI is InChI=1S/C28H31FN2O7/c1-17(2)38-22-9-8-20(16-21(22)29)25(32)23-24(18-4-6-19(7-5-18)28(35)36-3)31(27(34)26(23)33)11-10-30-12-14-37-15-13-30/h4-9,16-17,24,32H,10-15H2,1-3H3/b25-23+/t24-/m1/s1. The number of hydrogen-bond donors (Lipinski definition) is 1. The zero-order valence-electron chi connectivity index (χ0n) is 21.6. The third kappa shape index (κ3) is 5.71. The highest BCUT2D eigenvalue weighted by molar-refractivity contribution is 6.46. The second-order valence-corrected chi connectivity index (χ2v) is 9.37. The van der Waals surface area contributed by atoms with E-state index in [4.69, 9.17) is 14.2 Å². The summed E-state index contributed by atoms with van der Waals surface area (Å²) in [6.07, 6.45) is -0.256. The summed E-state index contributed by atoms with van der Waals surface area (Å²) in [5, 5.41) is 11.2. The van der Waals surface area contributed by atoms with Crippen LogP contribution in [-0.2, 0) is 19.1 Å². The van der Waals surface area contributed by atoms with E-state index in [0.29, 0.717) is 44.0 Å². The number of esters is 1. The van der Waals surface area contributed by atoms with Gasteiger partial charge in [0.2, 0.25) is 0 Å². The minimum absolute atomic E-state index is 0.0115. The lowest BCUT2D eigenvalue weighted by atomic mass is 9.94. The van der Waals surface area contributed by atoms with Crippen LogP contribution >= 0.6 is 0 Å². The molecule has 0 spiro atoms. The van der Waals surface area contributed by atoms with Gasteiger partial charge < -0.3 is 24.2 Å². The van der Waals surface area contributed by atoms with Crippen LogP contribution in [0.2, 0.25) is 0 Å². The summed E-state index contributed by atoms with van der Waals surface area (Å²) in [6.45, 7) is 6.81. The maximum atomic E-state index is 14.7. The van der Waals surface area contributed by atoms with Crippen molar-refractivity contribution in [2.45, 2.75) is 26.0 Å². The average Bonchev–Trinajstić information content (AvgIpc) is 3.17. The lowest BCUT2D eigenvalue weighted by molar-refractivity contribution is -0.140. The van der Waals surface area contributed by atoms with E-state index in [1.165, 1.54) is 36.3 Å². The van der Waals surface area contributed by atoms with E-state index in [2.05, 4.69) is 4.90 Å². The van der Waals surface area contributed by atoms with Crippen molar-refractivity contribution in [1.82, 2.24) is 9.80 Å². The fourth-order valence-corrected chi connectivity index (χ4v) is 4.60. The molecule has 10 heteroatoms. The van der Waals surface area contributed by atoms with Gasteiger partial charge in [-0.25, -0.2) is 9.18 Å². The Morgan fingerprint density at radius 3 is 2.34 bits per heavy atom. The Morgan fingerprint density at radius 1 is 1.08 bits per heavy atom. The zero-order valence-corrected chi connectivity index (χ0v) is 21.6. The molecule has 202 valence electrons. The minimum Gasteiger partial charge on any atom is -0.507 e. The molecule has 0 aliphatic carbocycles. The number of amides is 1. The molecule has 2 saturated heterocycles. The van der Waals surface area contributed by atoms with Crippen LogP contribution in [0.4, 0.5) is 4.39 Å². The molecule has 1 atom stereocenters. The molecular formula is C28H31FN2O7. The molecule has 0 saturated carbocycles. The van der Waals surface area contributed by atoms with Gasteiger partial charge in [-0.2, -0.15) is 0 Å². The number of benzene rings is 2. The van der Waals surface area contributed by atoms with Crippen molar-refractivity contribution in [1.29, 1.82) is 0 Å². The Hall–Kier alpha value is -3.76. The maximum Gasteiger partial charge on any atom is 0.337 e. The van der Waals surface area contributed by atoms with Gasteiger partial charge in [0.25, 0.3) is 11.7 Å². The van der Waals surface area contributed by atoms with Crippen LogP contribution in [0, 0.1) is 5.82 Å². The average molecular weight is 527 g/mol. The highest BCUT2D eigenvalue weighted by atomic mass is 19.1. The molecule has 2 aromatic carbocycles. The van der Waals surface area contributed by atoms with Crippen LogP contribution in [-0.4, -0.2) is 85.2 Å². The number of methoxy groups -OCH3 is 1. The molecule has 0 radical (unpaired) electrons. The van der Waals surface area contributed by atoms with E-state index in [9.17, 15) is 23.9 Å². The van der Waals surface area contributed by atoms with E-state index in [1.54, 1.807) is 26.0 Å². The molecule has 0 bridgehead atoms. The molecule has 1 N–H and O–H groups in total. The quantitative estimate of drug-likeness (QED) is 0.242. The summed E-state index contributed by atoms with van der Waals surface area (Å²) in [7, 11) is 1.27. The van der Waals surface area contributed by atoms with Crippen LogP contribution in [0.3, 0.4) is 0 Å². The van der Waals surface area contributed by atoms with Crippen LogP contribution in [0.1, 0.15) is 41.4 Å². The molecule has 4 rings (SSSR count). The highest BCUT2D eigenvalue weighted by Crippen LogP contribution is 2.40. The van der Waals surface area contributed by atoms with Crippen LogP contribution in [0.25, 0.3) is 5.76 Å². The summed E-state index contributed by atoms with van der Waals surface area (Å²) in [4.78, 5) is 41.9. The predicted molar refractivity (Wildman–Crippen MR) is 136 cm³/mol. The number of nitrogens with zero attached hydrogens (tertiary/aromatic N) is 2.